The SMILES string of the molecule is CCOC(=O)C(=O)CCC[C@@H](CC(C)=O)NC. The molecule has 0 bridgehead atoms. The van der Waals surface area contributed by atoms with Gasteiger partial charge in [-0.3, -0.25) is 9.59 Å². The minimum absolute atomic E-state index is 0.0718. The zero-order chi connectivity index (χ0) is 13.3. The van der Waals surface area contributed by atoms with E-state index in [0.29, 0.717) is 19.3 Å². The number of hydrogen-bond acceptors (Lipinski definition) is 5. The van der Waals surface area contributed by atoms with Crippen molar-refractivity contribution in [1.82, 2.24) is 5.32 Å². The molecule has 1 N–H and O–H groups in total. The van der Waals surface area contributed by atoms with E-state index in [0.717, 1.165) is 0 Å². The van der Waals surface area contributed by atoms with E-state index < -0.39 is 11.8 Å². The van der Waals surface area contributed by atoms with Crippen LogP contribution in [-0.2, 0) is 19.1 Å². The Balaban J connectivity index is 3.84. The molecule has 0 heterocycles. The molecule has 0 aromatic heterocycles. The van der Waals surface area contributed by atoms with Gasteiger partial charge in [-0.1, -0.05) is 0 Å². The Kier molecular flexibility index (Phi) is 8.23. The highest BCUT2D eigenvalue weighted by Crippen LogP contribution is 2.06. The number of hydrogen-bond donors (Lipinski definition) is 1. The summed E-state index contributed by atoms with van der Waals surface area (Å²) in [5.74, 6) is -1.15. The second-order valence-corrected chi connectivity index (χ2v) is 3.93. The van der Waals surface area contributed by atoms with Gasteiger partial charge in [0.15, 0.2) is 0 Å². The first kappa shape index (κ1) is 15.8. The van der Waals surface area contributed by atoms with Crippen LogP contribution in [0.25, 0.3) is 0 Å². The Morgan fingerprint density at radius 1 is 1.29 bits per heavy atom. The average molecular weight is 243 g/mol. The molecule has 0 fully saturated rings. The van der Waals surface area contributed by atoms with E-state index in [1.807, 2.05) is 0 Å². The van der Waals surface area contributed by atoms with Gasteiger partial charge in [-0.25, -0.2) is 4.79 Å². The first-order chi connectivity index (χ1) is 8.01. The van der Waals surface area contributed by atoms with Crippen LogP contribution < -0.4 is 5.32 Å². The molecule has 0 unspecified atom stereocenters. The molecule has 0 rings (SSSR count). The van der Waals surface area contributed by atoms with Crippen LogP contribution in [0, 0.1) is 0 Å². The minimum atomic E-state index is -0.764. The van der Waals surface area contributed by atoms with Crippen molar-refractivity contribution in [3.63, 3.8) is 0 Å². The lowest BCUT2D eigenvalue weighted by Gasteiger charge is -2.13. The maximum Gasteiger partial charge on any atom is 0.374 e. The molecular weight excluding hydrogens is 222 g/mol. The summed E-state index contributed by atoms with van der Waals surface area (Å²) in [7, 11) is 1.78. The van der Waals surface area contributed by atoms with Crippen LogP contribution in [0.5, 0.6) is 0 Å². The lowest BCUT2D eigenvalue weighted by molar-refractivity contribution is -0.153. The highest BCUT2D eigenvalue weighted by Gasteiger charge is 2.15. The monoisotopic (exact) mass is 243 g/mol. The van der Waals surface area contributed by atoms with Gasteiger partial charge >= 0.3 is 5.97 Å². The number of ketones is 2. The van der Waals surface area contributed by atoms with E-state index in [2.05, 4.69) is 10.1 Å². The van der Waals surface area contributed by atoms with Gasteiger partial charge in [0, 0.05) is 18.9 Å². The van der Waals surface area contributed by atoms with Crippen LogP contribution >= 0.6 is 0 Å². The van der Waals surface area contributed by atoms with Gasteiger partial charge in [-0.2, -0.15) is 0 Å². The van der Waals surface area contributed by atoms with Gasteiger partial charge in [0.1, 0.15) is 5.78 Å². The fourth-order valence-corrected chi connectivity index (χ4v) is 1.52. The fraction of sp³-hybridized carbons (Fsp3) is 0.750. The quantitative estimate of drug-likeness (QED) is 0.480. The van der Waals surface area contributed by atoms with Crippen molar-refractivity contribution in [3.8, 4) is 0 Å². The summed E-state index contributed by atoms with van der Waals surface area (Å²) in [6.45, 7) is 3.41. The van der Waals surface area contributed by atoms with Gasteiger partial charge in [0.05, 0.1) is 6.61 Å². The summed E-state index contributed by atoms with van der Waals surface area (Å²) in [5.41, 5.74) is 0. The number of carbonyl (C=O) groups excluding carboxylic acids is 3. The lowest BCUT2D eigenvalue weighted by Crippen LogP contribution is -2.27. The molecule has 0 spiro atoms. The van der Waals surface area contributed by atoms with E-state index in [9.17, 15) is 14.4 Å². The molecule has 0 aliphatic rings. The third-order valence-corrected chi connectivity index (χ3v) is 2.40. The van der Waals surface area contributed by atoms with Crippen LogP contribution in [0.15, 0.2) is 0 Å². The largest absolute Gasteiger partial charge is 0.460 e. The molecule has 0 aliphatic carbocycles. The van der Waals surface area contributed by atoms with Gasteiger partial charge in [0.2, 0.25) is 5.78 Å². The smallest absolute Gasteiger partial charge is 0.374 e. The fourth-order valence-electron chi connectivity index (χ4n) is 1.52. The van der Waals surface area contributed by atoms with E-state index >= 15 is 0 Å². The van der Waals surface area contributed by atoms with Gasteiger partial charge < -0.3 is 10.1 Å². The van der Waals surface area contributed by atoms with Crippen molar-refractivity contribution < 1.29 is 19.1 Å². The molecule has 0 saturated heterocycles. The predicted molar refractivity (Wildman–Crippen MR) is 63.6 cm³/mol. The highest BCUT2D eigenvalue weighted by atomic mass is 16.5. The van der Waals surface area contributed by atoms with Crippen molar-refractivity contribution >= 4 is 17.5 Å². The lowest BCUT2D eigenvalue weighted by atomic mass is 10.0. The second-order valence-electron chi connectivity index (χ2n) is 3.93. The Hall–Kier alpha value is -1.23. The van der Waals surface area contributed by atoms with Crippen molar-refractivity contribution in [3.05, 3.63) is 0 Å². The molecule has 17 heavy (non-hydrogen) atoms. The van der Waals surface area contributed by atoms with Crippen LogP contribution in [0.4, 0.5) is 0 Å². The van der Waals surface area contributed by atoms with Crippen LogP contribution in [0.2, 0.25) is 0 Å². The number of nitrogens with one attached hydrogen (secondary N) is 1. The van der Waals surface area contributed by atoms with Crippen LogP contribution in [0.3, 0.4) is 0 Å². The highest BCUT2D eigenvalue weighted by molar-refractivity contribution is 6.33. The van der Waals surface area contributed by atoms with E-state index in [-0.39, 0.29) is 24.9 Å². The second kappa shape index (κ2) is 8.87. The third kappa shape index (κ3) is 7.63. The summed E-state index contributed by atoms with van der Waals surface area (Å²) >= 11 is 0. The Labute approximate surface area is 102 Å². The average Bonchev–Trinajstić information content (AvgIpc) is 2.27. The number of ether oxygens (including phenoxy) is 1. The Morgan fingerprint density at radius 3 is 2.41 bits per heavy atom. The van der Waals surface area contributed by atoms with E-state index in [1.165, 1.54) is 6.92 Å². The Morgan fingerprint density at radius 2 is 1.94 bits per heavy atom. The molecular formula is C12H21NO4. The zero-order valence-corrected chi connectivity index (χ0v) is 10.7. The van der Waals surface area contributed by atoms with E-state index in [1.54, 1.807) is 14.0 Å². The van der Waals surface area contributed by atoms with E-state index in [4.69, 9.17) is 0 Å². The number of rotatable bonds is 9. The standard InChI is InChI=1S/C12H21NO4/c1-4-17-12(16)11(15)7-5-6-10(13-3)8-9(2)14/h10,13H,4-8H2,1-3H3/t10-/m0/s1. The van der Waals surface area contributed by atoms with Gasteiger partial charge in [-0.15, -0.1) is 0 Å². The van der Waals surface area contributed by atoms with Crippen molar-refractivity contribution in [1.29, 1.82) is 0 Å². The van der Waals surface area contributed by atoms with Gasteiger partial charge in [-0.05, 0) is 33.7 Å². The normalized spacial score (nSPS) is 11.9. The summed E-state index contributed by atoms with van der Waals surface area (Å²) in [4.78, 5) is 33.2. The molecule has 5 heteroatoms. The van der Waals surface area contributed by atoms with Crippen molar-refractivity contribution in [2.24, 2.45) is 0 Å². The third-order valence-electron chi connectivity index (χ3n) is 2.40. The number of Topliss-reactive ketones (excluding diaryl/α,β-unsaturated/α-hetero) is 2. The molecule has 5 nitrogen and oxygen atoms in total. The predicted octanol–water partition coefficient (Wildman–Crippen LogP) is 0.856. The molecule has 0 aliphatic heterocycles. The molecule has 0 saturated carbocycles. The van der Waals surface area contributed by atoms with Gasteiger partial charge in [0.25, 0.3) is 0 Å². The first-order valence-electron chi connectivity index (χ1n) is 5.87. The first-order valence-corrected chi connectivity index (χ1v) is 5.87. The number of esters is 1. The molecule has 0 radical (unpaired) electrons. The summed E-state index contributed by atoms with van der Waals surface area (Å²) in [5, 5.41) is 3.01. The van der Waals surface area contributed by atoms with Crippen LogP contribution in [-0.4, -0.2) is 37.2 Å². The maximum absolute atomic E-state index is 11.3. The van der Waals surface area contributed by atoms with Crippen molar-refractivity contribution in [2.75, 3.05) is 13.7 Å². The number of carbonyl (C=O) groups is 3. The molecule has 0 aromatic carbocycles. The Bertz CT molecular complexity index is 276. The van der Waals surface area contributed by atoms with Crippen molar-refractivity contribution in [2.45, 2.75) is 45.6 Å². The van der Waals surface area contributed by atoms with Crippen LogP contribution in [0.1, 0.15) is 39.5 Å². The summed E-state index contributed by atoms with van der Waals surface area (Å²) < 4.78 is 4.59. The topological polar surface area (TPSA) is 72.5 Å². The zero-order valence-electron chi connectivity index (χ0n) is 10.7. The molecule has 0 aromatic rings. The molecule has 1 atom stereocenters. The summed E-state index contributed by atoms with van der Waals surface area (Å²) in [6, 6.07) is 0.0718. The summed E-state index contributed by atoms with van der Waals surface area (Å²) in [6.07, 6.45) is 1.90. The maximum atomic E-state index is 11.3. The minimum Gasteiger partial charge on any atom is -0.460 e. The molecule has 98 valence electrons. The molecule has 0 amide bonds.